The van der Waals surface area contributed by atoms with E-state index in [4.69, 9.17) is 33.9 Å². The van der Waals surface area contributed by atoms with E-state index in [1.807, 2.05) is 62.3 Å². The van der Waals surface area contributed by atoms with Crippen LogP contribution in [0.25, 0.3) is 0 Å². The number of ether oxygens (including phenoxy) is 5. The fraction of sp³-hybridized carbons (Fsp3) is 0.875. The number of aliphatic hydroxyl groups excluding tert-OH is 1. The number of morpholine rings is 3. The number of esters is 2. The van der Waals surface area contributed by atoms with Gasteiger partial charge in [-0.2, -0.15) is 0 Å². The quantitative estimate of drug-likeness (QED) is 0.0731. The van der Waals surface area contributed by atoms with E-state index in [2.05, 4.69) is 30.7 Å². The smallest absolute Gasteiger partial charge is 0.305 e. The summed E-state index contributed by atoms with van der Waals surface area (Å²) in [5.41, 5.74) is -1.18. The van der Waals surface area contributed by atoms with Crippen LogP contribution < -0.4 is 16.0 Å². The van der Waals surface area contributed by atoms with E-state index in [0.29, 0.717) is 71.6 Å². The van der Waals surface area contributed by atoms with E-state index in [1.54, 1.807) is 0 Å². The molecule has 0 saturated carbocycles. The highest BCUT2D eigenvalue weighted by molar-refractivity contribution is 5.82. The van der Waals surface area contributed by atoms with Gasteiger partial charge in [-0.05, 0) is 38.5 Å². The van der Waals surface area contributed by atoms with Crippen LogP contribution in [0, 0.1) is 16.2 Å². The van der Waals surface area contributed by atoms with Gasteiger partial charge in [0.2, 0.25) is 17.7 Å². The Kier molecular flexibility index (Phi) is 35.5. The first-order chi connectivity index (χ1) is 31.6. The van der Waals surface area contributed by atoms with Gasteiger partial charge >= 0.3 is 17.9 Å². The van der Waals surface area contributed by atoms with Crippen molar-refractivity contribution in [3.63, 3.8) is 0 Å². The van der Waals surface area contributed by atoms with Crippen molar-refractivity contribution in [3.05, 3.63) is 0 Å². The minimum atomic E-state index is -0.829. The van der Waals surface area contributed by atoms with Crippen molar-refractivity contribution in [1.29, 1.82) is 0 Å². The van der Waals surface area contributed by atoms with Crippen molar-refractivity contribution in [1.82, 2.24) is 30.7 Å². The van der Waals surface area contributed by atoms with E-state index in [9.17, 15) is 28.8 Å². The first-order valence-corrected chi connectivity index (χ1v) is 24.4. The number of aliphatic hydroxyl groups is 1. The van der Waals surface area contributed by atoms with Crippen LogP contribution in [0.4, 0.5) is 0 Å². The monoisotopic (exact) mass is 961 g/mol. The zero-order valence-corrected chi connectivity index (χ0v) is 42.9. The fourth-order valence-corrected chi connectivity index (χ4v) is 5.97. The van der Waals surface area contributed by atoms with E-state index in [-0.39, 0.29) is 46.9 Å². The minimum Gasteiger partial charge on any atom is -0.481 e. The summed E-state index contributed by atoms with van der Waals surface area (Å²) in [5.74, 6) is -1.24. The van der Waals surface area contributed by atoms with E-state index in [0.717, 1.165) is 118 Å². The summed E-state index contributed by atoms with van der Waals surface area (Å²) in [5, 5.41) is 25.2. The van der Waals surface area contributed by atoms with E-state index >= 15 is 0 Å². The molecule has 0 spiro atoms. The lowest BCUT2D eigenvalue weighted by molar-refractivity contribution is -0.145. The lowest BCUT2D eigenvalue weighted by atomic mass is 9.96. The molecule has 19 heteroatoms. The Morgan fingerprint density at radius 2 is 0.746 bits per heavy atom. The average Bonchev–Trinajstić information content (AvgIpc) is 3.28. The molecule has 0 aliphatic carbocycles. The molecule has 3 rings (SSSR count). The SMILES string of the molecule is CC(C)(C)C(=O)NCCCC(=O)O.CC(C)(C)C(=O)NCCCC(=O)OCCCN1CCOCC1.CC(C)(C)C(=O)NCCCC(=O)OCCCN1CCOCC1.OCCCN1CCOCC1. The molecule has 0 radical (unpaired) electrons. The largest absolute Gasteiger partial charge is 0.481 e. The fourth-order valence-electron chi connectivity index (χ4n) is 5.97. The maximum absolute atomic E-state index is 11.6. The summed E-state index contributed by atoms with van der Waals surface area (Å²) in [6, 6.07) is 0. The van der Waals surface area contributed by atoms with Crippen molar-refractivity contribution in [2.24, 2.45) is 16.2 Å². The van der Waals surface area contributed by atoms with Crippen LogP contribution >= 0.6 is 0 Å². The number of nitrogens with zero attached hydrogens (tertiary/aromatic N) is 3. The third-order valence-corrected chi connectivity index (χ3v) is 10.3. The van der Waals surface area contributed by atoms with Gasteiger partial charge in [0, 0.05) is 121 Å². The number of carbonyl (C=O) groups is 6. The van der Waals surface area contributed by atoms with Gasteiger partial charge in [0.15, 0.2) is 0 Å². The number of hydrogen-bond acceptors (Lipinski definition) is 15. The van der Waals surface area contributed by atoms with Gasteiger partial charge in [0.05, 0.1) is 52.9 Å². The van der Waals surface area contributed by atoms with Crippen molar-refractivity contribution in [3.8, 4) is 0 Å². The Morgan fingerprint density at radius 3 is 1.01 bits per heavy atom. The van der Waals surface area contributed by atoms with Crippen LogP contribution in [0.3, 0.4) is 0 Å². The molecule has 3 heterocycles. The van der Waals surface area contributed by atoms with Crippen LogP contribution in [-0.4, -0.2) is 199 Å². The lowest BCUT2D eigenvalue weighted by Crippen LogP contribution is -2.37. The molecule has 0 unspecified atom stereocenters. The van der Waals surface area contributed by atoms with Gasteiger partial charge in [-0.15, -0.1) is 0 Å². The van der Waals surface area contributed by atoms with Gasteiger partial charge in [-0.25, -0.2) is 0 Å². The topological polar surface area (TPSA) is 235 Å². The summed E-state index contributed by atoms with van der Waals surface area (Å²) < 4.78 is 26.1. The van der Waals surface area contributed by atoms with Crippen LogP contribution in [0.5, 0.6) is 0 Å². The molecular weight excluding hydrogens is 869 g/mol. The average molecular weight is 961 g/mol. The standard InChI is InChI=1S/2C16H30N2O4.C9H17NO3.C7H15NO2/c2*1-16(2,3)15(20)17-7-4-6-14(19)22-11-5-8-18-9-12-21-13-10-18;1-9(2,3)8(13)10-6-4-5-7(11)12;9-5-1-2-8-3-6-10-7-4-8/h2*4-13H2,1-3H3,(H,17,20);4-6H2,1-3H3,(H,10,13)(H,11,12);9H,1-7H2. The van der Waals surface area contributed by atoms with Crippen molar-refractivity contribution in [2.45, 2.75) is 120 Å². The number of carbonyl (C=O) groups excluding carboxylic acids is 5. The maximum Gasteiger partial charge on any atom is 0.305 e. The van der Waals surface area contributed by atoms with Crippen LogP contribution in [0.1, 0.15) is 120 Å². The second kappa shape index (κ2) is 37.4. The highest BCUT2D eigenvalue weighted by Gasteiger charge is 2.22. The highest BCUT2D eigenvalue weighted by Crippen LogP contribution is 2.14. The number of carboxylic acid groups (broad SMARTS) is 1. The minimum absolute atomic E-state index is 0.00591. The lowest BCUT2D eigenvalue weighted by Gasteiger charge is -2.26. The van der Waals surface area contributed by atoms with Gasteiger partial charge in [0.25, 0.3) is 0 Å². The molecule has 3 amide bonds. The predicted octanol–water partition coefficient (Wildman–Crippen LogP) is 3.10. The van der Waals surface area contributed by atoms with E-state index < -0.39 is 11.4 Å². The Labute approximate surface area is 402 Å². The molecule has 3 saturated heterocycles. The molecule has 19 nitrogen and oxygen atoms in total. The normalized spacial score (nSPS) is 16.0. The molecule has 392 valence electrons. The molecule has 0 aromatic rings. The number of nitrogens with one attached hydrogen (secondary N) is 3. The van der Waals surface area contributed by atoms with Gasteiger partial charge < -0.3 is 49.8 Å². The number of rotatable bonds is 23. The summed E-state index contributed by atoms with van der Waals surface area (Å²) in [6.45, 7) is 33.0. The Hall–Kier alpha value is -3.46. The number of aliphatic carboxylic acids is 1. The summed E-state index contributed by atoms with van der Waals surface area (Å²) >= 11 is 0. The molecular formula is C48H92N6O13. The molecule has 3 aliphatic rings. The molecule has 0 aromatic carbocycles. The van der Waals surface area contributed by atoms with Crippen molar-refractivity contribution < 1.29 is 62.7 Å². The number of hydrogen-bond donors (Lipinski definition) is 5. The predicted molar refractivity (Wildman–Crippen MR) is 257 cm³/mol. The molecule has 0 aromatic heterocycles. The van der Waals surface area contributed by atoms with Crippen LogP contribution in [-0.2, 0) is 52.5 Å². The Bertz CT molecular complexity index is 1280. The molecule has 0 atom stereocenters. The first kappa shape index (κ1) is 63.5. The second-order valence-corrected chi connectivity index (χ2v) is 19.8. The van der Waals surface area contributed by atoms with Gasteiger partial charge in [0.1, 0.15) is 0 Å². The van der Waals surface area contributed by atoms with Crippen LogP contribution in [0.2, 0.25) is 0 Å². The first-order valence-electron chi connectivity index (χ1n) is 24.4. The highest BCUT2D eigenvalue weighted by atomic mass is 16.5. The van der Waals surface area contributed by atoms with Gasteiger partial charge in [-0.1, -0.05) is 62.3 Å². The zero-order valence-electron chi connectivity index (χ0n) is 42.9. The third-order valence-electron chi connectivity index (χ3n) is 10.3. The third kappa shape index (κ3) is 38.1. The molecule has 5 N–H and O–H groups in total. The summed E-state index contributed by atoms with van der Waals surface area (Å²) in [7, 11) is 0. The molecule has 3 fully saturated rings. The van der Waals surface area contributed by atoms with Crippen molar-refractivity contribution in [2.75, 3.05) is 138 Å². The summed E-state index contributed by atoms with van der Waals surface area (Å²) in [6.07, 6.45) is 5.11. The summed E-state index contributed by atoms with van der Waals surface area (Å²) in [4.78, 5) is 74.7. The number of carboxylic acids is 1. The zero-order chi connectivity index (χ0) is 50.6. The number of amides is 3. The van der Waals surface area contributed by atoms with Crippen LogP contribution in [0.15, 0.2) is 0 Å². The van der Waals surface area contributed by atoms with Gasteiger partial charge in [-0.3, -0.25) is 43.5 Å². The van der Waals surface area contributed by atoms with E-state index in [1.165, 1.54) is 0 Å². The molecule has 67 heavy (non-hydrogen) atoms. The Balaban J connectivity index is 0.000000908. The molecule has 3 aliphatic heterocycles. The maximum atomic E-state index is 11.6. The van der Waals surface area contributed by atoms with Crippen molar-refractivity contribution >= 4 is 35.6 Å². The molecule has 0 bridgehead atoms. The Morgan fingerprint density at radius 1 is 0.463 bits per heavy atom. The second-order valence-electron chi connectivity index (χ2n) is 19.8.